The molecule has 0 aliphatic carbocycles. The molecule has 0 radical (unpaired) electrons. The minimum Gasteiger partial charge on any atom is -0.493 e. The van der Waals surface area contributed by atoms with Gasteiger partial charge in [0.15, 0.2) is 0 Å². The average Bonchev–Trinajstić information content (AvgIpc) is 2.23. The van der Waals surface area contributed by atoms with E-state index in [1.54, 1.807) is 0 Å². The third kappa shape index (κ3) is 5.71. The molecule has 1 aromatic rings. The van der Waals surface area contributed by atoms with E-state index < -0.39 is 11.7 Å². The summed E-state index contributed by atoms with van der Waals surface area (Å²) in [5.41, 5.74) is 4.74. The number of alkyl halides is 3. The fraction of sp³-hybridized carbons (Fsp3) is 0.571. The van der Waals surface area contributed by atoms with Crippen LogP contribution in [0.15, 0.2) is 22.7 Å². The minimum absolute atomic E-state index is 0.0692. The van der Waals surface area contributed by atoms with Crippen LogP contribution in [0.5, 0.6) is 5.75 Å². The zero-order valence-electron chi connectivity index (χ0n) is 11.7. The number of hydrogen-bond acceptors (Lipinski definition) is 2. The van der Waals surface area contributed by atoms with Crippen LogP contribution in [0.4, 0.5) is 13.2 Å². The number of halogens is 4. The Balaban J connectivity index is 2.78. The lowest BCUT2D eigenvalue weighted by atomic mass is 9.93. The molecule has 2 N–H and O–H groups in total. The highest BCUT2D eigenvalue weighted by Gasteiger charge is 2.34. The van der Waals surface area contributed by atoms with Crippen molar-refractivity contribution in [1.29, 1.82) is 0 Å². The van der Waals surface area contributed by atoms with Gasteiger partial charge in [-0.3, -0.25) is 0 Å². The molecule has 0 saturated carbocycles. The van der Waals surface area contributed by atoms with E-state index in [1.807, 2.05) is 20.8 Å². The maximum absolute atomic E-state index is 12.9. The standard InChI is InChI=1S/C14H19BrF3NO/c1-9(7-13(2,3)19)8-20-12-5-4-10(15)6-11(12)14(16,17)18/h4-6,9H,7-8,19H2,1-3H3. The molecule has 1 unspecified atom stereocenters. The number of rotatable bonds is 5. The zero-order valence-corrected chi connectivity index (χ0v) is 13.3. The minimum atomic E-state index is -4.44. The van der Waals surface area contributed by atoms with E-state index in [1.165, 1.54) is 12.1 Å². The summed E-state index contributed by atoms with van der Waals surface area (Å²) in [6.45, 7) is 5.86. The van der Waals surface area contributed by atoms with Crippen LogP contribution in [0, 0.1) is 5.92 Å². The van der Waals surface area contributed by atoms with E-state index in [0.717, 1.165) is 6.07 Å². The molecule has 2 nitrogen and oxygen atoms in total. The summed E-state index contributed by atoms with van der Waals surface area (Å²) in [7, 11) is 0. The highest BCUT2D eigenvalue weighted by molar-refractivity contribution is 9.10. The molecule has 1 aromatic carbocycles. The maximum Gasteiger partial charge on any atom is 0.420 e. The molecule has 0 fully saturated rings. The highest BCUT2D eigenvalue weighted by atomic mass is 79.9. The van der Waals surface area contributed by atoms with Gasteiger partial charge < -0.3 is 10.5 Å². The van der Waals surface area contributed by atoms with Crippen LogP contribution in [0.1, 0.15) is 32.8 Å². The topological polar surface area (TPSA) is 35.2 Å². The van der Waals surface area contributed by atoms with E-state index in [4.69, 9.17) is 10.5 Å². The number of benzene rings is 1. The largest absolute Gasteiger partial charge is 0.493 e. The van der Waals surface area contributed by atoms with Crippen molar-refractivity contribution >= 4 is 15.9 Å². The summed E-state index contributed by atoms with van der Waals surface area (Å²) in [5, 5.41) is 0. The highest BCUT2D eigenvalue weighted by Crippen LogP contribution is 2.38. The SMILES string of the molecule is CC(COc1ccc(Br)cc1C(F)(F)F)CC(C)(C)N. The van der Waals surface area contributed by atoms with Crippen molar-refractivity contribution < 1.29 is 17.9 Å². The van der Waals surface area contributed by atoms with Crippen molar-refractivity contribution in [3.05, 3.63) is 28.2 Å². The van der Waals surface area contributed by atoms with Gasteiger partial charge in [0, 0.05) is 10.0 Å². The van der Waals surface area contributed by atoms with Crippen molar-refractivity contribution in [3.8, 4) is 5.75 Å². The molecule has 0 aliphatic rings. The molecule has 0 aliphatic heterocycles. The molecule has 0 heterocycles. The van der Waals surface area contributed by atoms with Crippen molar-refractivity contribution in [1.82, 2.24) is 0 Å². The van der Waals surface area contributed by atoms with E-state index in [0.29, 0.717) is 10.9 Å². The Bertz CT molecular complexity index is 455. The normalized spacial score (nSPS) is 14.2. The number of ether oxygens (including phenoxy) is 1. The molecule has 1 rings (SSSR count). The smallest absolute Gasteiger partial charge is 0.420 e. The Labute approximate surface area is 125 Å². The van der Waals surface area contributed by atoms with Gasteiger partial charge in [0.2, 0.25) is 0 Å². The van der Waals surface area contributed by atoms with E-state index >= 15 is 0 Å². The quantitative estimate of drug-likeness (QED) is 0.838. The molecule has 6 heteroatoms. The van der Waals surface area contributed by atoms with Crippen molar-refractivity contribution in [3.63, 3.8) is 0 Å². The lowest BCUT2D eigenvalue weighted by Crippen LogP contribution is -2.35. The van der Waals surface area contributed by atoms with Gasteiger partial charge in [-0.25, -0.2) is 0 Å². The fourth-order valence-corrected chi connectivity index (χ4v) is 2.40. The van der Waals surface area contributed by atoms with Gasteiger partial charge in [0.25, 0.3) is 0 Å². The first-order valence-corrected chi connectivity index (χ1v) is 7.07. The Kier molecular flexibility index (Phi) is 5.49. The van der Waals surface area contributed by atoms with Gasteiger partial charge >= 0.3 is 6.18 Å². The van der Waals surface area contributed by atoms with Gasteiger partial charge in [-0.1, -0.05) is 22.9 Å². The van der Waals surface area contributed by atoms with Crippen LogP contribution in [0.25, 0.3) is 0 Å². The maximum atomic E-state index is 12.9. The third-order valence-corrected chi connectivity index (χ3v) is 3.14. The molecule has 0 amide bonds. The molecule has 0 bridgehead atoms. The van der Waals surface area contributed by atoms with Crippen molar-refractivity contribution in [2.45, 2.75) is 38.9 Å². The molecule has 0 saturated heterocycles. The number of hydrogen-bond donors (Lipinski definition) is 1. The predicted octanol–water partition coefficient (Wildman–Crippen LogP) is 4.61. The number of nitrogens with two attached hydrogens (primary N) is 1. The molecular weight excluding hydrogens is 335 g/mol. The van der Waals surface area contributed by atoms with Crippen LogP contribution in [0.3, 0.4) is 0 Å². The van der Waals surface area contributed by atoms with Gasteiger partial charge in [-0.2, -0.15) is 13.2 Å². The summed E-state index contributed by atoms with van der Waals surface area (Å²) in [4.78, 5) is 0. The predicted molar refractivity (Wildman–Crippen MR) is 76.7 cm³/mol. The van der Waals surface area contributed by atoms with Crippen LogP contribution in [-0.4, -0.2) is 12.1 Å². The first-order chi connectivity index (χ1) is 8.99. The van der Waals surface area contributed by atoms with Crippen LogP contribution >= 0.6 is 15.9 Å². The van der Waals surface area contributed by atoms with E-state index in [2.05, 4.69) is 15.9 Å². The first-order valence-electron chi connectivity index (χ1n) is 6.27. The second-order valence-electron chi connectivity index (χ2n) is 5.75. The van der Waals surface area contributed by atoms with Crippen LogP contribution in [-0.2, 0) is 6.18 Å². The second-order valence-corrected chi connectivity index (χ2v) is 6.66. The summed E-state index contributed by atoms with van der Waals surface area (Å²) < 4.78 is 44.4. The Morgan fingerprint density at radius 2 is 1.90 bits per heavy atom. The van der Waals surface area contributed by atoms with Gasteiger partial charge in [0.05, 0.1) is 12.2 Å². The fourth-order valence-electron chi connectivity index (χ4n) is 2.04. The lowest BCUT2D eigenvalue weighted by Gasteiger charge is -2.24. The Morgan fingerprint density at radius 3 is 2.40 bits per heavy atom. The summed E-state index contributed by atoms with van der Waals surface area (Å²) in [6, 6.07) is 3.88. The summed E-state index contributed by atoms with van der Waals surface area (Å²) >= 11 is 3.04. The Morgan fingerprint density at radius 1 is 1.30 bits per heavy atom. The third-order valence-electron chi connectivity index (χ3n) is 2.64. The lowest BCUT2D eigenvalue weighted by molar-refractivity contribution is -0.139. The van der Waals surface area contributed by atoms with Gasteiger partial charge in [-0.05, 0) is 44.4 Å². The zero-order chi connectivity index (χ0) is 15.6. The molecule has 1 atom stereocenters. The second kappa shape index (κ2) is 6.35. The van der Waals surface area contributed by atoms with Crippen molar-refractivity contribution in [2.75, 3.05) is 6.61 Å². The Hall–Kier alpha value is -0.750. The molecule has 0 spiro atoms. The van der Waals surface area contributed by atoms with Crippen LogP contribution in [0.2, 0.25) is 0 Å². The molecule has 114 valence electrons. The van der Waals surface area contributed by atoms with Crippen LogP contribution < -0.4 is 10.5 Å². The van der Waals surface area contributed by atoms with E-state index in [9.17, 15) is 13.2 Å². The van der Waals surface area contributed by atoms with Gasteiger partial charge in [0.1, 0.15) is 5.75 Å². The molecule has 20 heavy (non-hydrogen) atoms. The van der Waals surface area contributed by atoms with Crippen molar-refractivity contribution in [2.24, 2.45) is 11.7 Å². The molecule has 0 aromatic heterocycles. The summed E-state index contributed by atoms with van der Waals surface area (Å²) in [6.07, 6.45) is -3.76. The molecular formula is C14H19BrF3NO. The average molecular weight is 354 g/mol. The van der Waals surface area contributed by atoms with E-state index in [-0.39, 0.29) is 23.8 Å². The monoisotopic (exact) mass is 353 g/mol. The summed E-state index contributed by atoms with van der Waals surface area (Å²) in [5.74, 6) is -0.0814. The van der Waals surface area contributed by atoms with Gasteiger partial charge in [-0.15, -0.1) is 0 Å². The first kappa shape index (κ1) is 17.3.